The first-order chi connectivity index (χ1) is 13.2. The van der Waals surface area contributed by atoms with E-state index < -0.39 is 0 Å². The molecule has 1 aliphatic heterocycles. The van der Waals surface area contributed by atoms with Crippen molar-refractivity contribution in [3.05, 3.63) is 58.9 Å². The lowest BCUT2D eigenvalue weighted by molar-refractivity contribution is 0.255. The number of aromatic nitrogens is 2. The first-order valence-corrected chi connectivity index (χ1v) is 9.35. The number of aryl methyl sites for hydroxylation is 1. The van der Waals surface area contributed by atoms with Crippen molar-refractivity contribution in [1.29, 1.82) is 0 Å². The minimum absolute atomic E-state index is 0.773. The fraction of sp³-hybridized carbons (Fsp3) is 0.364. The fourth-order valence-electron chi connectivity index (χ4n) is 3.68. The molecule has 5 heteroatoms. The largest absolute Gasteiger partial charge is 0.493 e. The van der Waals surface area contributed by atoms with E-state index in [1.165, 1.54) is 16.8 Å². The number of ether oxygens (including phenoxy) is 2. The van der Waals surface area contributed by atoms with E-state index in [-0.39, 0.29) is 0 Å². The summed E-state index contributed by atoms with van der Waals surface area (Å²) in [5.41, 5.74) is 5.67. The zero-order valence-corrected chi connectivity index (χ0v) is 16.2. The summed E-state index contributed by atoms with van der Waals surface area (Å²) in [4.78, 5) is 11.9. The number of hydrogen-bond acceptors (Lipinski definition) is 5. The lowest BCUT2D eigenvalue weighted by atomic mass is 10.0. The van der Waals surface area contributed by atoms with Gasteiger partial charge in [0.1, 0.15) is 0 Å². The Bertz CT molecular complexity index is 971. The van der Waals surface area contributed by atoms with Crippen LogP contribution >= 0.6 is 0 Å². The SMILES string of the molecule is COc1ccc(CCN2CCc3nc4nc(C)ccc4cc3C2)cc1OC. The van der Waals surface area contributed by atoms with E-state index in [9.17, 15) is 0 Å². The molecular weight excluding hydrogens is 338 g/mol. The molecule has 4 rings (SSSR count). The van der Waals surface area contributed by atoms with Gasteiger partial charge in [0.05, 0.1) is 14.2 Å². The highest BCUT2D eigenvalue weighted by Crippen LogP contribution is 2.28. The third-order valence-corrected chi connectivity index (χ3v) is 5.21. The summed E-state index contributed by atoms with van der Waals surface area (Å²) in [6, 6.07) is 12.6. The number of benzene rings is 1. The Morgan fingerprint density at radius 3 is 2.67 bits per heavy atom. The zero-order chi connectivity index (χ0) is 18.8. The first kappa shape index (κ1) is 17.7. The number of pyridine rings is 2. The van der Waals surface area contributed by atoms with Gasteiger partial charge in [-0.25, -0.2) is 9.97 Å². The van der Waals surface area contributed by atoms with Crippen molar-refractivity contribution in [3.8, 4) is 11.5 Å². The highest BCUT2D eigenvalue weighted by Gasteiger charge is 2.18. The van der Waals surface area contributed by atoms with Crippen LogP contribution in [0.3, 0.4) is 0 Å². The van der Waals surface area contributed by atoms with Crippen LogP contribution in [0.1, 0.15) is 22.5 Å². The molecular formula is C22H25N3O2. The van der Waals surface area contributed by atoms with Crippen LogP contribution in [0.25, 0.3) is 11.0 Å². The first-order valence-electron chi connectivity index (χ1n) is 9.35. The summed E-state index contributed by atoms with van der Waals surface area (Å²) >= 11 is 0. The van der Waals surface area contributed by atoms with Crippen molar-refractivity contribution in [2.24, 2.45) is 0 Å². The minimum Gasteiger partial charge on any atom is -0.493 e. The molecule has 0 bridgehead atoms. The molecule has 0 amide bonds. The maximum absolute atomic E-state index is 5.41. The molecule has 1 aromatic carbocycles. The van der Waals surface area contributed by atoms with Crippen LogP contribution in [0.5, 0.6) is 11.5 Å². The quantitative estimate of drug-likeness (QED) is 0.694. The molecule has 1 aliphatic rings. The van der Waals surface area contributed by atoms with Crippen LogP contribution in [0, 0.1) is 6.92 Å². The summed E-state index contributed by atoms with van der Waals surface area (Å²) in [7, 11) is 3.34. The van der Waals surface area contributed by atoms with Gasteiger partial charge in [-0.05, 0) is 54.8 Å². The van der Waals surface area contributed by atoms with E-state index in [1.807, 2.05) is 19.1 Å². The number of fused-ring (bicyclic) bond motifs is 2. The van der Waals surface area contributed by atoms with Gasteiger partial charge in [-0.2, -0.15) is 0 Å². The molecule has 0 fully saturated rings. The summed E-state index contributed by atoms with van der Waals surface area (Å²) in [6.07, 6.45) is 1.96. The van der Waals surface area contributed by atoms with Crippen LogP contribution in [0.4, 0.5) is 0 Å². The van der Waals surface area contributed by atoms with Crippen molar-refractivity contribution in [2.45, 2.75) is 26.3 Å². The van der Waals surface area contributed by atoms with Gasteiger partial charge in [0.25, 0.3) is 0 Å². The third-order valence-electron chi connectivity index (χ3n) is 5.21. The molecule has 0 unspecified atom stereocenters. The number of methoxy groups -OCH3 is 2. The molecule has 0 atom stereocenters. The maximum atomic E-state index is 5.41. The Hall–Kier alpha value is -2.66. The molecule has 0 spiro atoms. The Balaban J connectivity index is 1.46. The monoisotopic (exact) mass is 363 g/mol. The standard InChI is InChI=1S/C22H25N3O2/c1-15-4-6-17-13-18-14-25(11-9-19(18)24-22(17)23-15)10-8-16-5-7-20(26-2)21(12-16)27-3/h4-7,12-13H,8-11,14H2,1-3H3. The highest BCUT2D eigenvalue weighted by atomic mass is 16.5. The predicted molar refractivity (Wildman–Crippen MR) is 107 cm³/mol. The Labute approximate surface area is 160 Å². The van der Waals surface area contributed by atoms with Crippen LogP contribution in [0.15, 0.2) is 36.4 Å². The second-order valence-corrected chi connectivity index (χ2v) is 7.06. The lowest BCUT2D eigenvalue weighted by Crippen LogP contribution is -2.32. The van der Waals surface area contributed by atoms with Gasteiger partial charge in [-0.1, -0.05) is 6.07 Å². The molecule has 0 aliphatic carbocycles. The number of rotatable bonds is 5. The second kappa shape index (κ2) is 7.53. The molecule has 0 radical (unpaired) electrons. The average Bonchev–Trinajstić information content (AvgIpc) is 2.70. The van der Waals surface area contributed by atoms with Gasteiger partial charge in [0.2, 0.25) is 0 Å². The molecule has 27 heavy (non-hydrogen) atoms. The van der Waals surface area contributed by atoms with E-state index in [4.69, 9.17) is 14.5 Å². The van der Waals surface area contributed by atoms with Gasteiger partial charge in [-0.3, -0.25) is 4.90 Å². The Morgan fingerprint density at radius 2 is 1.85 bits per heavy atom. The summed E-state index contributed by atoms with van der Waals surface area (Å²) in [5.74, 6) is 1.56. The van der Waals surface area contributed by atoms with Crippen molar-refractivity contribution < 1.29 is 9.47 Å². The third kappa shape index (κ3) is 3.74. The molecule has 0 N–H and O–H groups in total. The Morgan fingerprint density at radius 1 is 1.00 bits per heavy atom. The molecule has 5 nitrogen and oxygen atoms in total. The van der Waals surface area contributed by atoms with Gasteiger partial charge in [-0.15, -0.1) is 0 Å². The van der Waals surface area contributed by atoms with Crippen LogP contribution in [-0.2, 0) is 19.4 Å². The summed E-state index contributed by atoms with van der Waals surface area (Å²) in [5, 5.41) is 1.13. The van der Waals surface area contributed by atoms with Crippen molar-refractivity contribution in [3.63, 3.8) is 0 Å². The molecule has 2 aromatic heterocycles. The van der Waals surface area contributed by atoms with Gasteiger partial charge in [0, 0.05) is 42.8 Å². The maximum Gasteiger partial charge on any atom is 0.160 e. The smallest absolute Gasteiger partial charge is 0.160 e. The van der Waals surface area contributed by atoms with Crippen LogP contribution < -0.4 is 9.47 Å². The lowest BCUT2D eigenvalue weighted by Gasteiger charge is -2.28. The van der Waals surface area contributed by atoms with Gasteiger partial charge < -0.3 is 9.47 Å². The van der Waals surface area contributed by atoms with E-state index in [1.54, 1.807) is 14.2 Å². The molecule has 0 saturated carbocycles. The average molecular weight is 363 g/mol. The topological polar surface area (TPSA) is 47.5 Å². The van der Waals surface area contributed by atoms with Gasteiger partial charge in [0.15, 0.2) is 17.1 Å². The number of nitrogens with zero attached hydrogens (tertiary/aromatic N) is 3. The minimum atomic E-state index is 0.773. The molecule has 3 heterocycles. The van der Waals surface area contributed by atoms with E-state index in [2.05, 4.69) is 34.1 Å². The Kier molecular flexibility index (Phi) is 4.94. The summed E-state index contributed by atoms with van der Waals surface area (Å²) in [6.45, 7) is 5.00. The predicted octanol–water partition coefficient (Wildman–Crippen LogP) is 3.56. The van der Waals surface area contributed by atoms with Crippen molar-refractivity contribution in [2.75, 3.05) is 27.3 Å². The van der Waals surface area contributed by atoms with Crippen molar-refractivity contribution in [1.82, 2.24) is 14.9 Å². The van der Waals surface area contributed by atoms with E-state index >= 15 is 0 Å². The normalized spacial score (nSPS) is 14.2. The van der Waals surface area contributed by atoms with Gasteiger partial charge >= 0.3 is 0 Å². The molecule has 3 aromatic rings. The second-order valence-electron chi connectivity index (χ2n) is 7.06. The summed E-state index contributed by atoms with van der Waals surface area (Å²) < 4.78 is 10.7. The van der Waals surface area contributed by atoms with E-state index in [0.29, 0.717) is 0 Å². The van der Waals surface area contributed by atoms with Crippen molar-refractivity contribution >= 4 is 11.0 Å². The molecule has 0 saturated heterocycles. The highest BCUT2D eigenvalue weighted by molar-refractivity contribution is 5.76. The fourth-order valence-corrected chi connectivity index (χ4v) is 3.68. The molecule has 140 valence electrons. The van der Waals surface area contributed by atoms with E-state index in [0.717, 1.165) is 60.7 Å². The van der Waals surface area contributed by atoms with Crippen LogP contribution in [-0.4, -0.2) is 42.2 Å². The zero-order valence-electron chi connectivity index (χ0n) is 16.2. The van der Waals surface area contributed by atoms with Crippen LogP contribution in [0.2, 0.25) is 0 Å². The number of hydrogen-bond donors (Lipinski definition) is 0.